The largest absolute Gasteiger partial charge is 0.480 e. The second-order valence-electron chi connectivity index (χ2n) is 2.62. The molecule has 68 valence electrons. The standard InChI is InChI=1S/C6H9NO5/c8-3-1-2-7(6(11)12)4(3)5(9)10/h3-4,8H,1-2H2,(H,9,10)(H,11,12)/t3?,4-/m1/s1. The molecule has 1 unspecified atom stereocenters. The summed E-state index contributed by atoms with van der Waals surface area (Å²) in [5.74, 6) is -1.30. The van der Waals surface area contributed by atoms with Gasteiger partial charge in [-0.1, -0.05) is 0 Å². The summed E-state index contributed by atoms with van der Waals surface area (Å²) in [6, 6.07) is -1.30. The van der Waals surface area contributed by atoms with Crippen LogP contribution in [0.2, 0.25) is 0 Å². The highest BCUT2D eigenvalue weighted by atomic mass is 16.4. The van der Waals surface area contributed by atoms with Gasteiger partial charge in [0.25, 0.3) is 0 Å². The van der Waals surface area contributed by atoms with Gasteiger partial charge < -0.3 is 15.3 Å². The Balaban J connectivity index is 2.77. The van der Waals surface area contributed by atoms with Crippen molar-refractivity contribution in [2.45, 2.75) is 18.6 Å². The molecule has 0 aromatic rings. The van der Waals surface area contributed by atoms with Crippen molar-refractivity contribution in [3.8, 4) is 0 Å². The average Bonchev–Trinajstić information content (AvgIpc) is 2.30. The molecule has 1 rings (SSSR count). The van der Waals surface area contributed by atoms with E-state index in [1.807, 2.05) is 0 Å². The lowest BCUT2D eigenvalue weighted by molar-refractivity contribution is -0.144. The smallest absolute Gasteiger partial charge is 0.408 e. The molecule has 0 saturated carbocycles. The monoisotopic (exact) mass is 175 g/mol. The molecule has 12 heavy (non-hydrogen) atoms. The van der Waals surface area contributed by atoms with Crippen LogP contribution in [-0.2, 0) is 4.79 Å². The number of nitrogens with zero attached hydrogens (tertiary/aromatic N) is 1. The number of aliphatic carboxylic acids is 1. The molecule has 1 heterocycles. The van der Waals surface area contributed by atoms with Crippen LogP contribution in [0.1, 0.15) is 6.42 Å². The summed E-state index contributed by atoms with van der Waals surface area (Å²) in [5, 5.41) is 26.1. The molecule has 1 amide bonds. The minimum absolute atomic E-state index is 0.0769. The maximum atomic E-state index is 10.5. The van der Waals surface area contributed by atoms with Crippen LogP contribution >= 0.6 is 0 Å². The number of likely N-dealkylation sites (tertiary alicyclic amines) is 1. The first-order valence-corrected chi connectivity index (χ1v) is 3.44. The molecule has 1 saturated heterocycles. The van der Waals surface area contributed by atoms with Gasteiger partial charge >= 0.3 is 12.1 Å². The van der Waals surface area contributed by atoms with E-state index in [1.54, 1.807) is 0 Å². The molecule has 0 aromatic heterocycles. The first-order valence-electron chi connectivity index (χ1n) is 3.44. The van der Waals surface area contributed by atoms with Gasteiger partial charge in [0.15, 0.2) is 6.04 Å². The van der Waals surface area contributed by atoms with E-state index < -0.39 is 24.2 Å². The summed E-state index contributed by atoms with van der Waals surface area (Å²) in [4.78, 5) is 21.6. The molecule has 1 fully saturated rings. The molecule has 0 aliphatic carbocycles. The summed E-state index contributed by atoms with van der Waals surface area (Å²) in [7, 11) is 0. The molecule has 3 N–H and O–H groups in total. The lowest BCUT2D eigenvalue weighted by Crippen LogP contribution is -2.44. The highest BCUT2D eigenvalue weighted by Gasteiger charge is 2.41. The van der Waals surface area contributed by atoms with E-state index in [1.165, 1.54) is 0 Å². The summed E-state index contributed by atoms with van der Waals surface area (Å²) in [6.45, 7) is 0.0769. The fourth-order valence-corrected chi connectivity index (χ4v) is 1.29. The number of hydrogen-bond acceptors (Lipinski definition) is 3. The van der Waals surface area contributed by atoms with Gasteiger partial charge in [-0.2, -0.15) is 0 Å². The van der Waals surface area contributed by atoms with Gasteiger partial charge in [0.1, 0.15) is 0 Å². The quantitative estimate of drug-likeness (QED) is 0.484. The van der Waals surface area contributed by atoms with Crippen molar-refractivity contribution in [1.82, 2.24) is 4.90 Å². The van der Waals surface area contributed by atoms with Crippen LogP contribution in [0.15, 0.2) is 0 Å². The molecular formula is C6H9NO5. The Labute approximate surface area is 68.0 Å². The van der Waals surface area contributed by atoms with Gasteiger partial charge in [-0.15, -0.1) is 0 Å². The van der Waals surface area contributed by atoms with E-state index in [-0.39, 0.29) is 13.0 Å². The zero-order valence-corrected chi connectivity index (χ0v) is 6.17. The SMILES string of the molecule is O=C(O)[C@H]1C(O)CCN1C(=O)O. The Morgan fingerprint density at radius 2 is 1.92 bits per heavy atom. The molecule has 0 bridgehead atoms. The average molecular weight is 175 g/mol. The predicted molar refractivity (Wildman–Crippen MR) is 36.8 cm³/mol. The summed E-state index contributed by atoms with van der Waals surface area (Å²) >= 11 is 0. The van der Waals surface area contributed by atoms with Crippen molar-refractivity contribution >= 4 is 12.1 Å². The van der Waals surface area contributed by atoms with Gasteiger partial charge in [-0.3, -0.25) is 4.90 Å². The van der Waals surface area contributed by atoms with Crippen molar-refractivity contribution in [3.63, 3.8) is 0 Å². The summed E-state index contributed by atoms with van der Waals surface area (Å²) in [5.41, 5.74) is 0. The van der Waals surface area contributed by atoms with Gasteiger partial charge in [-0.05, 0) is 6.42 Å². The molecule has 6 nitrogen and oxygen atoms in total. The zero-order valence-electron chi connectivity index (χ0n) is 6.17. The van der Waals surface area contributed by atoms with Gasteiger partial charge in [-0.25, -0.2) is 9.59 Å². The third-order valence-corrected chi connectivity index (χ3v) is 1.86. The molecule has 0 spiro atoms. The van der Waals surface area contributed by atoms with Crippen molar-refractivity contribution in [2.24, 2.45) is 0 Å². The topological polar surface area (TPSA) is 98.1 Å². The maximum absolute atomic E-state index is 10.5. The van der Waals surface area contributed by atoms with Crippen molar-refractivity contribution in [3.05, 3.63) is 0 Å². The maximum Gasteiger partial charge on any atom is 0.408 e. The molecular weight excluding hydrogens is 166 g/mol. The number of carboxylic acid groups (broad SMARTS) is 2. The minimum atomic E-state index is -1.31. The number of aliphatic hydroxyl groups excluding tert-OH is 1. The molecule has 1 aliphatic heterocycles. The minimum Gasteiger partial charge on any atom is -0.480 e. The Hall–Kier alpha value is -1.30. The number of amides is 1. The highest BCUT2D eigenvalue weighted by molar-refractivity contribution is 5.80. The number of rotatable bonds is 1. The van der Waals surface area contributed by atoms with E-state index in [0.717, 1.165) is 4.90 Å². The number of carbonyl (C=O) groups is 2. The third-order valence-electron chi connectivity index (χ3n) is 1.86. The van der Waals surface area contributed by atoms with Crippen LogP contribution in [0.4, 0.5) is 4.79 Å². The van der Waals surface area contributed by atoms with Gasteiger partial charge in [0.2, 0.25) is 0 Å². The van der Waals surface area contributed by atoms with Crippen LogP contribution in [0.5, 0.6) is 0 Å². The van der Waals surface area contributed by atoms with E-state index in [4.69, 9.17) is 15.3 Å². The Morgan fingerprint density at radius 3 is 2.25 bits per heavy atom. The highest BCUT2D eigenvalue weighted by Crippen LogP contribution is 2.17. The van der Waals surface area contributed by atoms with E-state index in [9.17, 15) is 9.59 Å². The molecule has 6 heteroatoms. The second-order valence-corrected chi connectivity index (χ2v) is 2.62. The van der Waals surface area contributed by atoms with Gasteiger partial charge in [0, 0.05) is 6.54 Å². The van der Waals surface area contributed by atoms with Crippen LogP contribution < -0.4 is 0 Å². The lowest BCUT2D eigenvalue weighted by atomic mass is 10.2. The van der Waals surface area contributed by atoms with E-state index in [0.29, 0.717) is 0 Å². The van der Waals surface area contributed by atoms with Crippen molar-refractivity contribution in [1.29, 1.82) is 0 Å². The Morgan fingerprint density at radius 1 is 1.33 bits per heavy atom. The van der Waals surface area contributed by atoms with E-state index in [2.05, 4.69) is 0 Å². The lowest BCUT2D eigenvalue weighted by Gasteiger charge is -2.18. The number of aliphatic hydroxyl groups is 1. The predicted octanol–water partition coefficient (Wildman–Crippen LogP) is -0.816. The van der Waals surface area contributed by atoms with Crippen LogP contribution in [0.3, 0.4) is 0 Å². The fraction of sp³-hybridized carbons (Fsp3) is 0.667. The molecule has 2 atom stereocenters. The fourth-order valence-electron chi connectivity index (χ4n) is 1.29. The Kier molecular flexibility index (Phi) is 2.18. The molecule has 1 aliphatic rings. The normalized spacial score (nSPS) is 28.9. The van der Waals surface area contributed by atoms with Crippen molar-refractivity contribution < 1.29 is 24.9 Å². The zero-order chi connectivity index (χ0) is 9.30. The third kappa shape index (κ3) is 1.33. The van der Waals surface area contributed by atoms with Crippen LogP contribution in [0.25, 0.3) is 0 Å². The first-order chi connectivity index (χ1) is 5.54. The van der Waals surface area contributed by atoms with Gasteiger partial charge in [0.05, 0.1) is 6.10 Å². The van der Waals surface area contributed by atoms with E-state index >= 15 is 0 Å². The first kappa shape index (κ1) is 8.79. The summed E-state index contributed by atoms with van der Waals surface area (Å²) < 4.78 is 0. The number of carboxylic acids is 1. The number of hydrogen-bond donors (Lipinski definition) is 3. The van der Waals surface area contributed by atoms with Crippen molar-refractivity contribution in [2.75, 3.05) is 6.54 Å². The molecule has 0 aromatic carbocycles. The van der Waals surface area contributed by atoms with Crippen LogP contribution in [0, 0.1) is 0 Å². The second kappa shape index (κ2) is 2.98. The Bertz CT molecular complexity index is 216. The summed E-state index contributed by atoms with van der Waals surface area (Å²) in [6.07, 6.45) is -2.21. The van der Waals surface area contributed by atoms with Crippen LogP contribution in [-0.4, -0.2) is 51.0 Å². The molecule has 0 radical (unpaired) electrons.